The Kier molecular flexibility index (Phi) is 6.00. The van der Waals surface area contributed by atoms with Crippen molar-refractivity contribution in [3.8, 4) is 46.6 Å². The van der Waals surface area contributed by atoms with Gasteiger partial charge in [0.1, 0.15) is 46.3 Å². The van der Waals surface area contributed by atoms with Gasteiger partial charge in [-0.2, -0.15) is 10.5 Å². The molecule has 0 spiro atoms. The molecule has 150 valence electrons. The fourth-order valence-corrected chi connectivity index (χ4v) is 2.56. The van der Waals surface area contributed by atoms with Gasteiger partial charge in [0.05, 0.1) is 14.2 Å². The van der Waals surface area contributed by atoms with E-state index in [1.807, 2.05) is 0 Å². The molecule has 0 saturated carbocycles. The van der Waals surface area contributed by atoms with Crippen LogP contribution in [0, 0.1) is 34.3 Å². The molecule has 3 aromatic rings. The summed E-state index contributed by atoms with van der Waals surface area (Å²) in [7, 11) is 2.96. The summed E-state index contributed by atoms with van der Waals surface area (Å²) in [5, 5.41) is 18.4. The van der Waals surface area contributed by atoms with Crippen molar-refractivity contribution in [3.63, 3.8) is 0 Å². The molecule has 0 fully saturated rings. The van der Waals surface area contributed by atoms with Crippen molar-refractivity contribution < 1.29 is 27.7 Å². The molecule has 0 aliphatic rings. The first-order chi connectivity index (χ1) is 14.5. The van der Waals surface area contributed by atoms with Gasteiger partial charge in [-0.15, -0.1) is 0 Å². The average molecular weight is 408 g/mol. The maximum Gasteiger partial charge on any atom is 0.210 e. The van der Waals surface area contributed by atoms with Gasteiger partial charge >= 0.3 is 0 Å². The summed E-state index contributed by atoms with van der Waals surface area (Å²) in [4.78, 5) is 0. The maximum absolute atomic E-state index is 15.0. The highest BCUT2D eigenvalue weighted by Gasteiger charge is 2.28. The second-order valence-electron chi connectivity index (χ2n) is 5.82. The molecule has 0 aliphatic heterocycles. The van der Waals surface area contributed by atoms with Gasteiger partial charge in [-0.1, -0.05) is 0 Å². The number of methoxy groups -OCH3 is 2. The van der Waals surface area contributed by atoms with Gasteiger partial charge in [-0.05, 0) is 48.5 Å². The van der Waals surface area contributed by atoms with Gasteiger partial charge in [-0.25, -0.2) is 8.78 Å². The first-order valence-electron chi connectivity index (χ1n) is 8.51. The number of halogens is 2. The highest BCUT2D eigenvalue weighted by molar-refractivity contribution is 5.60. The minimum atomic E-state index is -1.21. The Morgan fingerprint density at radius 1 is 0.600 bits per heavy atom. The van der Waals surface area contributed by atoms with Crippen molar-refractivity contribution in [1.82, 2.24) is 0 Å². The topological polar surface area (TPSA) is 84.5 Å². The molecule has 0 aliphatic carbocycles. The molecule has 0 aromatic heterocycles. The number of nitrogens with zero attached hydrogens (tertiary/aromatic N) is 2. The molecule has 3 rings (SSSR count). The Morgan fingerprint density at radius 3 is 1.17 bits per heavy atom. The Balaban J connectivity index is 2.13. The third-order valence-corrected chi connectivity index (χ3v) is 4.08. The number of ether oxygens (including phenoxy) is 4. The van der Waals surface area contributed by atoms with Gasteiger partial charge < -0.3 is 18.9 Å². The number of hydrogen-bond acceptors (Lipinski definition) is 6. The lowest BCUT2D eigenvalue weighted by Gasteiger charge is -2.16. The molecule has 30 heavy (non-hydrogen) atoms. The molecule has 0 heterocycles. The Morgan fingerprint density at radius 2 is 0.900 bits per heavy atom. The third kappa shape index (κ3) is 3.94. The molecule has 0 saturated heterocycles. The molecular formula is C22H14F2N2O4. The second kappa shape index (κ2) is 8.80. The normalized spacial score (nSPS) is 9.93. The number of hydrogen-bond donors (Lipinski definition) is 0. The highest BCUT2D eigenvalue weighted by Crippen LogP contribution is 2.43. The smallest absolute Gasteiger partial charge is 0.210 e. The van der Waals surface area contributed by atoms with E-state index < -0.39 is 34.3 Å². The standard InChI is InChI=1S/C22H14F2N2O4/c1-27-13-3-7-15(8-4-13)29-21-19(23)17(11-25)18(12-26)20(24)22(21)30-16-9-5-14(28-2)6-10-16/h3-10H,1-2H3. The lowest BCUT2D eigenvalue weighted by atomic mass is 10.1. The van der Waals surface area contributed by atoms with Crippen molar-refractivity contribution in [1.29, 1.82) is 10.5 Å². The van der Waals surface area contributed by atoms with Crippen LogP contribution in [0.4, 0.5) is 8.78 Å². The van der Waals surface area contributed by atoms with E-state index in [0.717, 1.165) is 0 Å². The van der Waals surface area contributed by atoms with Gasteiger partial charge in [-0.3, -0.25) is 0 Å². The van der Waals surface area contributed by atoms with E-state index in [1.165, 1.54) is 50.6 Å². The summed E-state index contributed by atoms with van der Waals surface area (Å²) in [6.45, 7) is 0. The molecule has 0 amide bonds. The number of nitriles is 2. The van der Waals surface area contributed by atoms with Gasteiger partial charge in [0, 0.05) is 0 Å². The summed E-state index contributed by atoms with van der Waals surface area (Å²) < 4.78 is 51.1. The van der Waals surface area contributed by atoms with E-state index in [4.69, 9.17) is 18.9 Å². The van der Waals surface area contributed by atoms with E-state index in [9.17, 15) is 10.5 Å². The summed E-state index contributed by atoms with van der Waals surface area (Å²) in [5.41, 5.74) is -1.55. The molecule has 0 atom stereocenters. The van der Waals surface area contributed by atoms with Crippen LogP contribution in [0.15, 0.2) is 48.5 Å². The van der Waals surface area contributed by atoms with Crippen LogP contribution in [0.2, 0.25) is 0 Å². The SMILES string of the molecule is COc1ccc(Oc2c(F)c(C#N)c(C#N)c(F)c2Oc2ccc(OC)cc2)cc1. The molecule has 0 N–H and O–H groups in total. The fourth-order valence-electron chi connectivity index (χ4n) is 2.56. The van der Waals surface area contributed by atoms with E-state index in [1.54, 1.807) is 24.3 Å². The fraction of sp³-hybridized carbons (Fsp3) is 0.0909. The van der Waals surface area contributed by atoms with Crippen LogP contribution in [-0.2, 0) is 0 Å². The van der Waals surface area contributed by atoms with Crippen molar-refractivity contribution >= 4 is 0 Å². The van der Waals surface area contributed by atoms with Gasteiger partial charge in [0.25, 0.3) is 0 Å². The van der Waals surface area contributed by atoms with E-state index >= 15 is 8.78 Å². The minimum absolute atomic E-state index is 0.141. The van der Waals surface area contributed by atoms with Crippen LogP contribution in [0.25, 0.3) is 0 Å². The molecule has 3 aromatic carbocycles. The second-order valence-corrected chi connectivity index (χ2v) is 5.82. The Hall–Kier alpha value is -4.30. The third-order valence-electron chi connectivity index (χ3n) is 4.08. The summed E-state index contributed by atoms with van der Waals surface area (Å²) in [5.74, 6) is -2.41. The first kappa shape index (κ1) is 20.4. The van der Waals surface area contributed by atoms with Crippen LogP contribution in [0.1, 0.15) is 11.1 Å². The van der Waals surface area contributed by atoms with Crippen molar-refractivity contribution in [2.75, 3.05) is 14.2 Å². The molecule has 0 bridgehead atoms. The van der Waals surface area contributed by atoms with Crippen LogP contribution < -0.4 is 18.9 Å². The van der Waals surface area contributed by atoms with Crippen molar-refractivity contribution in [2.45, 2.75) is 0 Å². The predicted octanol–water partition coefficient (Wildman–Crippen LogP) is 5.31. The summed E-state index contributed by atoms with van der Waals surface area (Å²) >= 11 is 0. The largest absolute Gasteiger partial charge is 0.497 e. The maximum atomic E-state index is 15.0. The highest BCUT2D eigenvalue weighted by atomic mass is 19.1. The van der Waals surface area contributed by atoms with Crippen LogP contribution in [0.5, 0.6) is 34.5 Å². The molecule has 0 radical (unpaired) electrons. The van der Waals surface area contributed by atoms with Crippen molar-refractivity contribution in [3.05, 3.63) is 71.3 Å². The monoisotopic (exact) mass is 408 g/mol. The zero-order valence-electron chi connectivity index (χ0n) is 15.9. The number of rotatable bonds is 6. The predicted molar refractivity (Wildman–Crippen MR) is 102 cm³/mol. The van der Waals surface area contributed by atoms with Gasteiger partial charge in [0.2, 0.25) is 11.5 Å². The van der Waals surface area contributed by atoms with Crippen LogP contribution in [-0.4, -0.2) is 14.2 Å². The number of benzene rings is 3. The Bertz CT molecular complexity index is 1060. The lowest BCUT2D eigenvalue weighted by molar-refractivity contribution is 0.371. The van der Waals surface area contributed by atoms with Gasteiger partial charge in [0.15, 0.2) is 11.6 Å². The summed E-state index contributed by atoms with van der Waals surface area (Å²) in [6.07, 6.45) is 0. The summed E-state index contributed by atoms with van der Waals surface area (Å²) in [6, 6.07) is 15.1. The average Bonchev–Trinajstić information content (AvgIpc) is 2.79. The molecular weight excluding hydrogens is 394 g/mol. The lowest BCUT2D eigenvalue weighted by Crippen LogP contribution is -2.03. The van der Waals surface area contributed by atoms with E-state index in [0.29, 0.717) is 11.5 Å². The van der Waals surface area contributed by atoms with E-state index in [-0.39, 0.29) is 11.5 Å². The van der Waals surface area contributed by atoms with E-state index in [2.05, 4.69) is 0 Å². The molecule has 6 nitrogen and oxygen atoms in total. The first-order valence-corrected chi connectivity index (χ1v) is 8.51. The van der Waals surface area contributed by atoms with Crippen LogP contribution >= 0.6 is 0 Å². The quantitative estimate of drug-likeness (QED) is 0.550. The molecule has 8 heteroatoms. The molecule has 0 unspecified atom stereocenters. The van der Waals surface area contributed by atoms with Crippen molar-refractivity contribution in [2.24, 2.45) is 0 Å². The van der Waals surface area contributed by atoms with Crippen LogP contribution in [0.3, 0.4) is 0 Å². The zero-order valence-corrected chi connectivity index (χ0v) is 15.9. The zero-order chi connectivity index (χ0) is 21.7. The minimum Gasteiger partial charge on any atom is -0.497 e. The Labute approximate surface area is 171 Å².